The summed E-state index contributed by atoms with van der Waals surface area (Å²) in [5.74, 6) is 2.13. The number of hydrogen-bond acceptors (Lipinski definition) is 6. The Bertz CT molecular complexity index is 2880. The van der Waals surface area contributed by atoms with Crippen LogP contribution in [0.2, 0.25) is 0 Å². The molecule has 0 radical (unpaired) electrons. The third kappa shape index (κ3) is 5.30. The third-order valence-electron chi connectivity index (χ3n) is 10.4. The van der Waals surface area contributed by atoms with E-state index < -0.39 is 0 Å². The van der Waals surface area contributed by atoms with Crippen molar-refractivity contribution in [2.45, 2.75) is 26.2 Å². The summed E-state index contributed by atoms with van der Waals surface area (Å²) in [6.07, 6.45) is 1.91. The van der Waals surface area contributed by atoms with Crippen molar-refractivity contribution >= 4 is 70.4 Å². The summed E-state index contributed by atoms with van der Waals surface area (Å²) >= 11 is 1.82. The van der Waals surface area contributed by atoms with E-state index in [1.54, 1.807) is 0 Å². The van der Waals surface area contributed by atoms with Crippen molar-refractivity contribution in [1.82, 2.24) is 14.5 Å². The fourth-order valence-electron chi connectivity index (χ4n) is 7.72. The summed E-state index contributed by atoms with van der Waals surface area (Å²) in [6, 6.07) is 47.2. The molecule has 0 spiro atoms. The van der Waals surface area contributed by atoms with Gasteiger partial charge in [0, 0.05) is 61.9 Å². The minimum absolute atomic E-state index is 0.00910. The zero-order valence-electron chi connectivity index (χ0n) is 30.0. The number of anilines is 3. The number of benzene rings is 5. The first-order valence-electron chi connectivity index (χ1n) is 18.0. The van der Waals surface area contributed by atoms with E-state index in [1.807, 2.05) is 17.5 Å². The Morgan fingerprint density at radius 2 is 1.42 bits per heavy atom. The zero-order valence-corrected chi connectivity index (χ0v) is 30.9. The Kier molecular flexibility index (Phi) is 7.10. The number of fused-ring (bicyclic) bond motifs is 7. The fourth-order valence-corrected chi connectivity index (χ4v) is 8.81. The van der Waals surface area contributed by atoms with Crippen molar-refractivity contribution in [2.75, 3.05) is 23.5 Å². The Labute approximate surface area is 312 Å². The highest BCUT2D eigenvalue weighted by Gasteiger charge is 2.26. The maximum absolute atomic E-state index is 6.79. The van der Waals surface area contributed by atoms with Gasteiger partial charge in [-0.05, 0) is 77.7 Å². The molecule has 1 aliphatic heterocycles. The SMILES string of the molecule is CN1CN(c2cc(Oc3ccc4c5ccccc5n(-c5cc(C(C)(C)C)ccn5)c4c3)nc(-c3ccc4sc5ccccc5c4c3)c2)c2ccccc21. The smallest absolute Gasteiger partial charge is 0.221 e. The minimum atomic E-state index is -0.00910. The molecule has 5 heterocycles. The van der Waals surface area contributed by atoms with Crippen LogP contribution in [-0.4, -0.2) is 28.3 Å². The Balaban J connectivity index is 1.12. The number of para-hydroxylation sites is 3. The van der Waals surface area contributed by atoms with Crippen molar-refractivity contribution in [1.29, 1.82) is 0 Å². The Morgan fingerprint density at radius 1 is 0.660 bits per heavy atom. The quantitative estimate of drug-likeness (QED) is 0.178. The summed E-state index contributed by atoms with van der Waals surface area (Å²) in [7, 11) is 2.13. The van der Waals surface area contributed by atoms with Gasteiger partial charge in [-0.3, -0.25) is 4.57 Å². The molecule has 9 aromatic rings. The van der Waals surface area contributed by atoms with Crippen LogP contribution in [0.4, 0.5) is 17.1 Å². The molecule has 5 aromatic carbocycles. The summed E-state index contributed by atoms with van der Waals surface area (Å²) in [4.78, 5) is 14.7. The van der Waals surface area contributed by atoms with Crippen molar-refractivity contribution in [3.8, 4) is 28.7 Å². The molecule has 0 fully saturated rings. The van der Waals surface area contributed by atoms with Gasteiger partial charge in [0.05, 0.1) is 40.5 Å². The molecule has 4 aromatic heterocycles. The maximum atomic E-state index is 6.79. The number of hydrogen-bond donors (Lipinski definition) is 0. The summed E-state index contributed by atoms with van der Waals surface area (Å²) < 4.78 is 11.6. The molecule has 258 valence electrons. The van der Waals surface area contributed by atoms with E-state index >= 15 is 0 Å². The molecule has 0 atom stereocenters. The first-order chi connectivity index (χ1) is 25.8. The second-order valence-electron chi connectivity index (χ2n) is 14.9. The maximum Gasteiger partial charge on any atom is 0.221 e. The van der Waals surface area contributed by atoms with E-state index in [2.05, 4.69) is 176 Å². The molecule has 6 nitrogen and oxygen atoms in total. The number of thiophene rings is 1. The van der Waals surface area contributed by atoms with Gasteiger partial charge in [0.2, 0.25) is 5.88 Å². The molecule has 7 heteroatoms. The lowest BCUT2D eigenvalue weighted by Crippen LogP contribution is -2.24. The van der Waals surface area contributed by atoms with Gasteiger partial charge in [0.15, 0.2) is 0 Å². The Morgan fingerprint density at radius 3 is 2.28 bits per heavy atom. The lowest BCUT2D eigenvalue weighted by molar-refractivity contribution is 0.464. The van der Waals surface area contributed by atoms with E-state index in [0.717, 1.165) is 51.5 Å². The number of pyridine rings is 2. The standard InChI is InChI=1S/C46H37N5OS/c1-46(2,3)30-21-22-47-44(24-30)51-38-13-7-5-11-33(38)34-19-18-32(27-41(34)51)52-45-26-31(50-28-49(4)39-14-8-9-15-40(39)50)25-37(48-45)29-17-20-43-36(23-29)35-12-6-10-16-42(35)53-43/h5-27H,28H2,1-4H3. The predicted octanol–water partition coefficient (Wildman–Crippen LogP) is 12.2. The van der Waals surface area contributed by atoms with Gasteiger partial charge in [-0.15, -0.1) is 11.3 Å². The van der Waals surface area contributed by atoms with Gasteiger partial charge in [-0.25, -0.2) is 9.97 Å². The molecule has 0 saturated heterocycles. The molecule has 1 aliphatic rings. The molecule has 0 amide bonds. The van der Waals surface area contributed by atoms with Gasteiger partial charge in [-0.2, -0.15) is 0 Å². The van der Waals surface area contributed by atoms with Crippen LogP contribution in [0.15, 0.2) is 140 Å². The fraction of sp³-hybridized carbons (Fsp3) is 0.130. The van der Waals surface area contributed by atoms with Gasteiger partial charge in [0.1, 0.15) is 11.6 Å². The number of aromatic nitrogens is 3. The molecule has 0 N–H and O–H groups in total. The number of rotatable bonds is 5. The van der Waals surface area contributed by atoms with Gasteiger partial charge < -0.3 is 14.5 Å². The van der Waals surface area contributed by atoms with Gasteiger partial charge in [-0.1, -0.05) is 75.4 Å². The molecule has 53 heavy (non-hydrogen) atoms. The first-order valence-corrected chi connectivity index (χ1v) is 18.8. The van der Waals surface area contributed by atoms with Crippen LogP contribution < -0.4 is 14.5 Å². The van der Waals surface area contributed by atoms with Crippen LogP contribution in [0.1, 0.15) is 26.3 Å². The summed E-state index contributed by atoms with van der Waals surface area (Å²) in [5.41, 5.74) is 8.65. The van der Waals surface area contributed by atoms with Crippen LogP contribution in [0.25, 0.3) is 59.1 Å². The van der Waals surface area contributed by atoms with Crippen molar-refractivity contribution < 1.29 is 4.74 Å². The lowest BCUT2D eigenvalue weighted by atomic mass is 9.88. The normalized spacial score (nSPS) is 13.1. The number of ether oxygens (including phenoxy) is 1. The molecule has 0 bridgehead atoms. The second-order valence-corrected chi connectivity index (χ2v) is 16.0. The van der Waals surface area contributed by atoms with E-state index in [4.69, 9.17) is 14.7 Å². The molecule has 0 unspecified atom stereocenters. The number of nitrogens with zero attached hydrogens (tertiary/aromatic N) is 5. The van der Waals surface area contributed by atoms with Crippen LogP contribution in [0.3, 0.4) is 0 Å². The van der Waals surface area contributed by atoms with Crippen LogP contribution in [0.5, 0.6) is 11.6 Å². The minimum Gasteiger partial charge on any atom is -0.439 e. The van der Waals surface area contributed by atoms with Crippen LogP contribution in [0, 0.1) is 0 Å². The highest BCUT2D eigenvalue weighted by Crippen LogP contribution is 2.43. The van der Waals surface area contributed by atoms with Crippen molar-refractivity contribution in [3.63, 3.8) is 0 Å². The zero-order chi connectivity index (χ0) is 35.8. The average Bonchev–Trinajstić information content (AvgIpc) is 3.83. The summed E-state index contributed by atoms with van der Waals surface area (Å²) in [6.45, 7) is 7.43. The predicted molar refractivity (Wildman–Crippen MR) is 222 cm³/mol. The molecular formula is C46H37N5OS. The summed E-state index contributed by atoms with van der Waals surface area (Å²) in [5, 5.41) is 4.83. The highest BCUT2D eigenvalue weighted by molar-refractivity contribution is 7.25. The van der Waals surface area contributed by atoms with Crippen LogP contribution >= 0.6 is 11.3 Å². The van der Waals surface area contributed by atoms with Gasteiger partial charge in [0.25, 0.3) is 0 Å². The van der Waals surface area contributed by atoms with E-state index in [0.29, 0.717) is 11.6 Å². The van der Waals surface area contributed by atoms with Crippen LogP contribution in [-0.2, 0) is 5.41 Å². The topological polar surface area (TPSA) is 46.4 Å². The van der Waals surface area contributed by atoms with E-state index in [1.165, 1.54) is 36.8 Å². The highest BCUT2D eigenvalue weighted by atomic mass is 32.1. The van der Waals surface area contributed by atoms with Gasteiger partial charge >= 0.3 is 0 Å². The van der Waals surface area contributed by atoms with Crippen molar-refractivity contribution in [3.05, 3.63) is 145 Å². The largest absolute Gasteiger partial charge is 0.439 e. The van der Waals surface area contributed by atoms with E-state index in [-0.39, 0.29) is 5.41 Å². The van der Waals surface area contributed by atoms with E-state index in [9.17, 15) is 0 Å². The third-order valence-corrected chi connectivity index (χ3v) is 11.6. The molecular weight excluding hydrogens is 671 g/mol. The monoisotopic (exact) mass is 707 g/mol. The van der Waals surface area contributed by atoms with Crippen molar-refractivity contribution in [2.24, 2.45) is 0 Å². The molecule has 10 rings (SSSR count). The molecule has 0 saturated carbocycles. The Hall–Kier alpha value is -6.18. The molecule has 0 aliphatic carbocycles. The lowest BCUT2D eigenvalue weighted by Gasteiger charge is -2.21. The second kappa shape index (κ2) is 11.9. The average molecular weight is 708 g/mol. The first kappa shape index (κ1) is 31.5.